The monoisotopic (exact) mass is 348 g/mol. The van der Waals surface area contributed by atoms with E-state index in [0.29, 0.717) is 13.2 Å². The molecule has 0 saturated carbocycles. The van der Waals surface area contributed by atoms with Gasteiger partial charge in [-0.25, -0.2) is 18.4 Å². The lowest BCUT2D eigenvalue weighted by Crippen LogP contribution is -2.27. The van der Waals surface area contributed by atoms with Gasteiger partial charge in [-0.05, 0) is 31.4 Å². The maximum atomic E-state index is 11.4. The van der Waals surface area contributed by atoms with E-state index in [-0.39, 0.29) is 22.4 Å². The fraction of sp³-hybridized carbons (Fsp3) is 0.462. The molecule has 0 radical (unpaired) electrons. The molecule has 7 nitrogen and oxygen atoms in total. The first-order valence-corrected chi connectivity index (χ1v) is 8.66. The lowest BCUT2D eigenvalue weighted by molar-refractivity contribution is 0.0247. The summed E-state index contributed by atoms with van der Waals surface area (Å²) in [5.74, 6) is -1.27. The lowest BCUT2D eigenvalue weighted by atomic mass is 10.1. The molecule has 1 aliphatic rings. The highest BCUT2D eigenvalue weighted by Gasteiger charge is 2.21. The van der Waals surface area contributed by atoms with Gasteiger partial charge in [0, 0.05) is 13.2 Å². The fourth-order valence-electron chi connectivity index (χ4n) is 2.29. The number of halogens is 1. The van der Waals surface area contributed by atoms with E-state index in [1.807, 2.05) is 0 Å². The van der Waals surface area contributed by atoms with Crippen LogP contribution in [0.4, 0.5) is 5.69 Å². The third kappa shape index (κ3) is 4.10. The van der Waals surface area contributed by atoms with E-state index < -0.39 is 20.9 Å². The molecule has 1 unspecified atom stereocenters. The second-order valence-electron chi connectivity index (χ2n) is 5.05. The first kappa shape index (κ1) is 17.0. The Balaban J connectivity index is 2.26. The van der Waals surface area contributed by atoms with Gasteiger partial charge in [-0.2, -0.15) is 0 Å². The second kappa shape index (κ2) is 6.82. The Morgan fingerprint density at radius 3 is 2.73 bits per heavy atom. The van der Waals surface area contributed by atoms with E-state index >= 15 is 0 Å². The number of benzene rings is 1. The summed E-state index contributed by atoms with van der Waals surface area (Å²) in [5, 5.41) is 17.1. The number of sulfonamides is 1. The molecule has 0 amide bonds. The van der Waals surface area contributed by atoms with Crippen LogP contribution < -0.4 is 10.5 Å². The molecule has 0 aromatic heterocycles. The number of carbonyl (C=O) groups is 1. The molecule has 0 spiro atoms. The summed E-state index contributed by atoms with van der Waals surface area (Å²) in [4.78, 5) is 10.9. The maximum absolute atomic E-state index is 11.4. The average molecular weight is 349 g/mol. The van der Waals surface area contributed by atoms with Gasteiger partial charge in [0.25, 0.3) is 0 Å². The van der Waals surface area contributed by atoms with Gasteiger partial charge in [0.2, 0.25) is 10.0 Å². The zero-order chi connectivity index (χ0) is 16.3. The smallest absolute Gasteiger partial charge is 0.337 e. The van der Waals surface area contributed by atoms with Crippen LogP contribution in [0.5, 0.6) is 0 Å². The quantitative estimate of drug-likeness (QED) is 0.744. The number of nitrogens with one attached hydrogen (secondary N) is 1. The maximum Gasteiger partial charge on any atom is 0.337 e. The van der Waals surface area contributed by atoms with Crippen molar-refractivity contribution in [3.05, 3.63) is 22.7 Å². The SMILES string of the molecule is NS(=O)(=O)c1cc(C(=O)O)c(NCC2CCCCO2)cc1Cl. The number of aromatic carboxylic acids is 1. The molecule has 2 rings (SSSR count). The lowest BCUT2D eigenvalue weighted by Gasteiger charge is -2.23. The van der Waals surface area contributed by atoms with Gasteiger partial charge in [-0.15, -0.1) is 0 Å². The minimum Gasteiger partial charge on any atom is -0.478 e. The van der Waals surface area contributed by atoms with Crippen LogP contribution in [0.2, 0.25) is 5.02 Å². The Kier molecular flexibility index (Phi) is 5.28. The third-order valence-electron chi connectivity index (χ3n) is 3.40. The summed E-state index contributed by atoms with van der Waals surface area (Å²) in [6, 6.07) is 2.22. The molecule has 1 aromatic carbocycles. The van der Waals surface area contributed by atoms with E-state index in [0.717, 1.165) is 25.3 Å². The van der Waals surface area contributed by atoms with Crippen molar-refractivity contribution in [3.8, 4) is 0 Å². The first-order chi connectivity index (χ1) is 10.3. The number of rotatable bonds is 5. The van der Waals surface area contributed by atoms with Crippen LogP contribution in [0.25, 0.3) is 0 Å². The van der Waals surface area contributed by atoms with E-state index in [4.69, 9.17) is 21.5 Å². The predicted molar refractivity (Wildman–Crippen MR) is 81.9 cm³/mol. The first-order valence-electron chi connectivity index (χ1n) is 6.74. The van der Waals surface area contributed by atoms with Crippen molar-refractivity contribution in [2.75, 3.05) is 18.5 Å². The van der Waals surface area contributed by atoms with Gasteiger partial charge in [0.1, 0.15) is 4.90 Å². The molecule has 1 saturated heterocycles. The number of carboxylic acids is 1. The summed E-state index contributed by atoms with van der Waals surface area (Å²) < 4.78 is 28.4. The van der Waals surface area contributed by atoms with Crippen molar-refractivity contribution in [1.29, 1.82) is 0 Å². The Labute approximate surface area is 133 Å². The molecular weight excluding hydrogens is 332 g/mol. The summed E-state index contributed by atoms with van der Waals surface area (Å²) in [5.41, 5.74) is 0.0308. The van der Waals surface area contributed by atoms with Gasteiger partial charge in [0.05, 0.1) is 22.4 Å². The zero-order valence-corrected chi connectivity index (χ0v) is 13.3. The fourth-order valence-corrected chi connectivity index (χ4v) is 3.39. The number of hydrogen-bond acceptors (Lipinski definition) is 5. The Morgan fingerprint density at radius 2 is 2.18 bits per heavy atom. The molecule has 22 heavy (non-hydrogen) atoms. The van der Waals surface area contributed by atoms with Crippen LogP contribution in [0.1, 0.15) is 29.6 Å². The number of hydrogen-bond donors (Lipinski definition) is 3. The summed E-state index contributed by atoms with van der Waals surface area (Å²) >= 11 is 5.89. The highest BCUT2D eigenvalue weighted by molar-refractivity contribution is 7.89. The van der Waals surface area contributed by atoms with Gasteiger partial charge < -0.3 is 15.2 Å². The standard InChI is InChI=1S/C13H17ClN2O5S/c14-10-6-11(16-7-8-3-1-2-4-21-8)9(13(17)18)5-12(10)22(15,19)20/h5-6,8,16H,1-4,7H2,(H,17,18)(H2,15,19,20). The minimum absolute atomic E-state index is 0.00733. The third-order valence-corrected chi connectivity index (χ3v) is 4.78. The molecular formula is C13H17ClN2O5S. The van der Waals surface area contributed by atoms with Gasteiger partial charge in [-0.1, -0.05) is 11.6 Å². The minimum atomic E-state index is -4.09. The van der Waals surface area contributed by atoms with Crippen molar-refractivity contribution in [2.24, 2.45) is 5.14 Å². The Bertz CT molecular complexity index is 671. The molecule has 1 aliphatic heterocycles. The van der Waals surface area contributed by atoms with Crippen LogP contribution >= 0.6 is 11.6 Å². The highest BCUT2D eigenvalue weighted by Crippen LogP contribution is 2.28. The van der Waals surface area contributed by atoms with E-state index in [1.54, 1.807) is 0 Å². The van der Waals surface area contributed by atoms with Crippen LogP contribution in [-0.2, 0) is 14.8 Å². The number of primary sulfonamides is 1. The van der Waals surface area contributed by atoms with Crippen molar-refractivity contribution in [1.82, 2.24) is 0 Å². The van der Waals surface area contributed by atoms with Crippen molar-refractivity contribution < 1.29 is 23.1 Å². The van der Waals surface area contributed by atoms with Crippen LogP contribution in [0, 0.1) is 0 Å². The predicted octanol–water partition coefficient (Wildman–Crippen LogP) is 1.67. The van der Waals surface area contributed by atoms with Crippen molar-refractivity contribution in [2.45, 2.75) is 30.3 Å². The second-order valence-corrected chi connectivity index (χ2v) is 6.98. The number of anilines is 1. The molecule has 0 aliphatic carbocycles. The molecule has 4 N–H and O–H groups in total. The zero-order valence-electron chi connectivity index (χ0n) is 11.7. The number of nitrogens with two attached hydrogens (primary N) is 1. The molecule has 122 valence electrons. The van der Waals surface area contributed by atoms with Gasteiger partial charge in [-0.3, -0.25) is 0 Å². The van der Waals surface area contributed by atoms with Gasteiger partial charge >= 0.3 is 5.97 Å². The van der Waals surface area contributed by atoms with Crippen molar-refractivity contribution in [3.63, 3.8) is 0 Å². The molecule has 1 heterocycles. The van der Waals surface area contributed by atoms with E-state index in [1.165, 1.54) is 6.07 Å². The van der Waals surface area contributed by atoms with E-state index in [2.05, 4.69) is 5.32 Å². The summed E-state index contributed by atoms with van der Waals surface area (Å²) in [6.07, 6.45) is 2.96. The Morgan fingerprint density at radius 1 is 1.45 bits per heavy atom. The molecule has 1 atom stereocenters. The van der Waals surface area contributed by atoms with Crippen LogP contribution in [-0.4, -0.2) is 38.7 Å². The topological polar surface area (TPSA) is 119 Å². The van der Waals surface area contributed by atoms with Crippen LogP contribution in [0.3, 0.4) is 0 Å². The molecule has 9 heteroatoms. The highest BCUT2D eigenvalue weighted by atomic mass is 35.5. The largest absolute Gasteiger partial charge is 0.478 e. The van der Waals surface area contributed by atoms with Crippen LogP contribution in [0.15, 0.2) is 17.0 Å². The normalized spacial score (nSPS) is 18.9. The molecule has 1 fully saturated rings. The number of ether oxygens (including phenoxy) is 1. The summed E-state index contributed by atoms with van der Waals surface area (Å²) in [7, 11) is -4.09. The Hall–Kier alpha value is -1.35. The van der Waals surface area contributed by atoms with Gasteiger partial charge in [0.15, 0.2) is 0 Å². The van der Waals surface area contributed by atoms with E-state index in [9.17, 15) is 18.3 Å². The average Bonchev–Trinajstić information content (AvgIpc) is 2.44. The molecule has 1 aromatic rings. The number of carboxylic acid groups (broad SMARTS) is 1. The molecule has 0 bridgehead atoms. The summed E-state index contributed by atoms with van der Waals surface area (Å²) in [6.45, 7) is 1.11. The van der Waals surface area contributed by atoms with Crippen molar-refractivity contribution >= 4 is 33.3 Å².